The van der Waals surface area contributed by atoms with E-state index in [4.69, 9.17) is 10.5 Å². The Hall–Kier alpha value is -2.07. The first-order chi connectivity index (χ1) is 9.76. The average Bonchev–Trinajstić information content (AvgIpc) is 2.88. The second kappa shape index (κ2) is 5.51. The van der Waals surface area contributed by atoms with Crippen LogP contribution in [0.2, 0.25) is 0 Å². The summed E-state index contributed by atoms with van der Waals surface area (Å²) in [5.41, 5.74) is 8.96. The van der Waals surface area contributed by atoms with Gasteiger partial charge in [0.2, 0.25) is 0 Å². The molecule has 1 aromatic heterocycles. The van der Waals surface area contributed by atoms with Gasteiger partial charge >= 0.3 is 0 Å². The number of ether oxygens (including phenoxy) is 1. The molecule has 1 heterocycles. The molecule has 102 valence electrons. The van der Waals surface area contributed by atoms with Crippen LogP contribution in [-0.4, -0.2) is 12.1 Å². The topological polar surface area (TPSA) is 51.0 Å². The minimum absolute atomic E-state index is 0.683. The van der Waals surface area contributed by atoms with Crippen molar-refractivity contribution >= 4 is 28.4 Å². The van der Waals surface area contributed by atoms with Crippen LogP contribution in [0.5, 0.6) is 5.75 Å². The Bertz CT molecular complexity index is 703. The third kappa shape index (κ3) is 2.60. The average molecular weight is 284 g/mol. The molecular formula is C16H16N2OS. The highest BCUT2D eigenvalue weighted by molar-refractivity contribution is 7.98. The molecule has 3 nitrogen and oxygen atoms in total. The van der Waals surface area contributed by atoms with Crippen LogP contribution in [0, 0.1) is 0 Å². The van der Waals surface area contributed by atoms with Gasteiger partial charge in [-0.15, -0.1) is 11.8 Å². The zero-order valence-electron chi connectivity index (χ0n) is 11.2. The van der Waals surface area contributed by atoms with Crippen molar-refractivity contribution in [2.24, 2.45) is 0 Å². The van der Waals surface area contributed by atoms with Gasteiger partial charge in [0.15, 0.2) is 0 Å². The summed E-state index contributed by atoms with van der Waals surface area (Å²) in [5, 5.41) is 2.41. The smallest absolute Gasteiger partial charge is 0.141 e. The molecule has 2 aromatic carbocycles. The van der Waals surface area contributed by atoms with E-state index in [-0.39, 0.29) is 0 Å². The van der Waals surface area contributed by atoms with Crippen molar-refractivity contribution in [1.29, 1.82) is 0 Å². The quantitative estimate of drug-likeness (QED) is 0.561. The van der Waals surface area contributed by atoms with E-state index in [0.29, 0.717) is 5.69 Å². The predicted octanol–water partition coefficient (Wildman–Crippen LogP) is 4.05. The number of nitrogens with two attached hydrogens (primary N) is 1. The Kier molecular flexibility index (Phi) is 3.56. The van der Waals surface area contributed by atoms with Gasteiger partial charge in [-0.25, -0.2) is 0 Å². The van der Waals surface area contributed by atoms with Crippen LogP contribution in [-0.2, 0) is 5.75 Å². The van der Waals surface area contributed by atoms with Crippen LogP contribution in [0.25, 0.3) is 10.9 Å². The highest BCUT2D eigenvalue weighted by atomic mass is 32.2. The molecule has 0 saturated carbocycles. The van der Waals surface area contributed by atoms with Crippen molar-refractivity contribution < 1.29 is 4.74 Å². The van der Waals surface area contributed by atoms with Crippen molar-refractivity contribution in [3.63, 3.8) is 0 Å². The fourth-order valence-corrected chi connectivity index (χ4v) is 3.05. The van der Waals surface area contributed by atoms with E-state index in [2.05, 4.69) is 29.2 Å². The standard InChI is InChI=1S/C16H16N2OS/c1-19-15-7-6-11(8-13(15)17)10-20-16-9-12-4-2-3-5-14(12)18-16/h2-9,18H,10,17H2,1H3. The van der Waals surface area contributed by atoms with Crippen molar-refractivity contribution in [2.75, 3.05) is 12.8 Å². The van der Waals surface area contributed by atoms with E-state index in [1.807, 2.05) is 24.3 Å². The van der Waals surface area contributed by atoms with Crippen LogP contribution < -0.4 is 10.5 Å². The first-order valence-corrected chi connectivity index (χ1v) is 7.38. The molecule has 0 spiro atoms. The van der Waals surface area contributed by atoms with Gasteiger partial charge in [-0.2, -0.15) is 0 Å². The molecule has 20 heavy (non-hydrogen) atoms. The normalized spacial score (nSPS) is 10.8. The Morgan fingerprint density at radius 3 is 2.75 bits per heavy atom. The van der Waals surface area contributed by atoms with Gasteiger partial charge in [-0.1, -0.05) is 24.3 Å². The van der Waals surface area contributed by atoms with Crippen molar-refractivity contribution in [3.05, 3.63) is 54.1 Å². The number of rotatable bonds is 4. The van der Waals surface area contributed by atoms with E-state index in [0.717, 1.165) is 11.5 Å². The molecule has 0 aliphatic heterocycles. The number of hydrogen-bond donors (Lipinski definition) is 2. The van der Waals surface area contributed by atoms with Gasteiger partial charge in [-0.05, 0) is 29.8 Å². The Morgan fingerprint density at radius 2 is 2.00 bits per heavy atom. The largest absolute Gasteiger partial charge is 0.495 e. The molecule has 3 aromatic rings. The van der Waals surface area contributed by atoms with E-state index < -0.39 is 0 Å². The van der Waals surface area contributed by atoms with Crippen molar-refractivity contribution in [3.8, 4) is 5.75 Å². The first kappa shape index (κ1) is 12.9. The van der Waals surface area contributed by atoms with Crippen LogP contribution >= 0.6 is 11.8 Å². The number of H-pyrrole nitrogens is 1. The number of aromatic nitrogens is 1. The minimum atomic E-state index is 0.683. The molecule has 0 bridgehead atoms. The SMILES string of the molecule is COc1ccc(CSc2cc3ccccc3[nH]2)cc1N. The van der Waals surface area contributed by atoms with Gasteiger partial charge in [0, 0.05) is 16.7 Å². The highest BCUT2D eigenvalue weighted by Gasteiger charge is 2.04. The summed E-state index contributed by atoms with van der Waals surface area (Å²) < 4.78 is 5.16. The maximum absolute atomic E-state index is 5.92. The lowest BCUT2D eigenvalue weighted by molar-refractivity contribution is 0.417. The number of fused-ring (bicyclic) bond motifs is 1. The Labute approximate surface area is 122 Å². The summed E-state index contributed by atoms with van der Waals surface area (Å²) in [4.78, 5) is 3.41. The van der Waals surface area contributed by atoms with Crippen molar-refractivity contribution in [2.45, 2.75) is 10.8 Å². The lowest BCUT2D eigenvalue weighted by Gasteiger charge is -2.06. The Balaban J connectivity index is 1.74. The summed E-state index contributed by atoms with van der Waals surface area (Å²) in [6.07, 6.45) is 0. The summed E-state index contributed by atoms with van der Waals surface area (Å²) >= 11 is 1.77. The van der Waals surface area contributed by atoms with Gasteiger partial charge in [0.25, 0.3) is 0 Å². The molecule has 0 atom stereocenters. The lowest BCUT2D eigenvalue weighted by Crippen LogP contribution is -1.93. The molecule has 0 radical (unpaired) electrons. The van der Waals surface area contributed by atoms with Crippen LogP contribution in [0.15, 0.2) is 53.6 Å². The number of methoxy groups -OCH3 is 1. The second-order valence-electron chi connectivity index (χ2n) is 4.59. The highest BCUT2D eigenvalue weighted by Crippen LogP contribution is 2.28. The van der Waals surface area contributed by atoms with Crippen LogP contribution in [0.4, 0.5) is 5.69 Å². The number of aromatic amines is 1. The van der Waals surface area contributed by atoms with Crippen LogP contribution in [0.3, 0.4) is 0 Å². The summed E-state index contributed by atoms with van der Waals surface area (Å²) in [6, 6.07) is 16.4. The maximum Gasteiger partial charge on any atom is 0.141 e. The summed E-state index contributed by atoms with van der Waals surface area (Å²) in [5.74, 6) is 1.60. The fourth-order valence-electron chi connectivity index (χ4n) is 2.16. The monoisotopic (exact) mass is 284 g/mol. The van der Waals surface area contributed by atoms with E-state index in [1.165, 1.54) is 21.5 Å². The number of benzene rings is 2. The third-order valence-electron chi connectivity index (χ3n) is 3.19. The predicted molar refractivity (Wildman–Crippen MR) is 85.3 cm³/mol. The van der Waals surface area contributed by atoms with E-state index in [1.54, 1.807) is 18.9 Å². The molecule has 3 N–H and O–H groups in total. The summed E-state index contributed by atoms with van der Waals surface area (Å²) in [7, 11) is 1.63. The zero-order chi connectivity index (χ0) is 13.9. The first-order valence-electron chi connectivity index (χ1n) is 6.39. The number of para-hydroxylation sites is 1. The molecule has 0 aliphatic carbocycles. The number of hydrogen-bond acceptors (Lipinski definition) is 3. The van der Waals surface area contributed by atoms with Gasteiger partial charge in [0.1, 0.15) is 5.75 Å². The summed E-state index contributed by atoms with van der Waals surface area (Å²) in [6.45, 7) is 0. The van der Waals surface area contributed by atoms with Gasteiger partial charge < -0.3 is 15.5 Å². The maximum atomic E-state index is 5.92. The molecule has 0 amide bonds. The van der Waals surface area contributed by atoms with Gasteiger partial charge in [0.05, 0.1) is 17.8 Å². The van der Waals surface area contributed by atoms with Gasteiger partial charge in [-0.3, -0.25) is 0 Å². The molecular weight excluding hydrogens is 268 g/mol. The number of nitrogen functional groups attached to an aromatic ring is 1. The van der Waals surface area contributed by atoms with E-state index in [9.17, 15) is 0 Å². The molecule has 0 aliphatic rings. The molecule has 3 rings (SSSR count). The fraction of sp³-hybridized carbons (Fsp3) is 0.125. The lowest BCUT2D eigenvalue weighted by atomic mass is 10.2. The van der Waals surface area contributed by atoms with Crippen molar-refractivity contribution in [1.82, 2.24) is 4.98 Å². The van der Waals surface area contributed by atoms with Crippen LogP contribution in [0.1, 0.15) is 5.56 Å². The number of nitrogens with one attached hydrogen (secondary N) is 1. The Morgan fingerprint density at radius 1 is 1.15 bits per heavy atom. The molecule has 4 heteroatoms. The number of anilines is 1. The molecule has 0 unspecified atom stereocenters. The third-order valence-corrected chi connectivity index (χ3v) is 4.20. The minimum Gasteiger partial charge on any atom is -0.495 e. The number of thioether (sulfide) groups is 1. The second-order valence-corrected chi connectivity index (χ2v) is 5.60. The zero-order valence-corrected chi connectivity index (χ0v) is 12.0. The van der Waals surface area contributed by atoms with E-state index >= 15 is 0 Å². The molecule has 0 saturated heterocycles. The molecule has 0 fully saturated rings.